The first-order valence-electron chi connectivity index (χ1n) is 12.9. The molecule has 196 valence electrons. The number of carbonyl (C=O) groups excluding carboxylic acids is 3. The van der Waals surface area contributed by atoms with Gasteiger partial charge in [-0.05, 0) is 70.2 Å². The van der Waals surface area contributed by atoms with Crippen LogP contribution in [-0.2, 0) is 14.1 Å². The molecule has 0 aliphatic rings. The topological polar surface area (TPSA) is 77.5 Å². The molecule has 0 aliphatic heterocycles. The van der Waals surface area contributed by atoms with Gasteiger partial charge < -0.3 is 9.30 Å². The minimum Gasteiger partial charge on any atom is -0.465 e. The number of ether oxygens (including phenoxy) is 1. The molecule has 0 unspecified atom stereocenters. The van der Waals surface area contributed by atoms with Crippen molar-refractivity contribution in [3.63, 3.8) is 0 Å². The van der Waals surface area contributed by atoms with Crippen molar-refractivity contribution in [1.29, 1.82) is 0 Å². The maximum atomic E-state index is 14.4. The third-order valence-corrected chi connectivity index (χ3v) is 9.01. The zero-order valence-corrected chi connectivity index (χ0v) is 23.8. The summed E-state index contributed by atoms with van der Waals surface area (Å²) in [6.07, 6.45) is 5.47. The van der Waals surface area contributed by atoms with Gasteiger partial charge in [0.15, 0.2) is 0 Å². The summed E-state index contributed by atoms with van der Waals surface area (Å²) < 4.78 is 19.8. The molecule has 0 atom stereocenters. The van der Waals surface area contributed by atoms with Gasteiger partial charge in [0.1, 0.15) is 6.16 Å². The van der Waals surface area contributed by atoms with E-state index in [0.717, 1.165) is 36.8 Å². The van der Waals surface area contributed by atoms with E-state index >= 15 is 0 Å². The van der Waals surface area contributed by atoms with Crippen LogP contribution in [0.25, 0.3) is 0 Å². The molecule has 0 aliphatic carbocycles. The van der Waals surface area contributed by atoms with Gasteiger partial charge in [0.2, 0.25) is 18.2 Å². The molecule has 0 spiro atoms. The Bertz CT molecular complexity index is 1060. The molecule has 0 saturated heterocycles. The molecule has 0 fully saturated rings. The fourth-order valence-corrected chi connectivity index (χ4v) is 7.28. The molecular formula is C30H41O5P. The van der Waals surface area contributed by atoms with Gasteiger partial charge >= 0.3 is 5.97 Å². The van der Waals surface area contributed by atoms with E-state index < -0.39 is 30.3 Å². The Morgan fingerprint density at radius 1 is 0.667 bits per heavy atom. The number of esters is 1. The smallest absolute Gasteiger partial charge is 0.314 e. The Kier molecular flexibility index (Phi) is 10.8. The van der Waals surface area contributed by atoms with Gasteiger partial charge in [-0.3, -0.25) is 14.4 Å². The van der Waals surface area contributed by atoms with Gasteiger partial charge in [0, 0.05) is 11.1 Å². The third kappa shape index (κ3) is 7.26. The summed E-state index contributed by atoms with van der Waals surface area (Å²) in [5.74, 6) is -0.765. The Hall–Kier alpha value is -2.52. The fourth-order valence-electron chi connectivity index (χ4n) is 4.93. The van der Waals surface area contributed by atoms with Gasteiger partial charge in [0.05, 0.1) is 6.61 Å². The number of hydrogen-bond acceptors (Lipinski definition) is 5. The monoisotopic (exact) mass is 512 g/mol. The van der Waals surface area contributed by atoms with E-state index in [9.17, 15) is 18.9 Å². The van der Waals surface area contributed by atoms with Crippen LogP contribution in [0.5, 0.6) is 0 Å². The van der Waals surface area contributed by atoms with Crippen molar-refractivity contribution >= 4 is 24.2 Å². The van der Waals surface area contributed by atoms with E-state index in [2.05, 4.69) is 6.92 Å². The molecule has 0 heterocycles. The van der Waals surface area contributed by atoms with Crippen molar-refractivity contribution < 1.29 is 23.7 Å². The number of unbranched alkanes of at least 4 members (excludes halogenated alkanes) is 5. The van der Waals surface area contributed by atoms with Crippen molar-refractivity contribution in [2.75, 3.05) is 12.8 Å². The van der Waals surface area contributed by atoms with Crippen LogP contribution >= 0.6 is 7.14 Å². The molecule has 5 nitrogen and oxygen atoms in total. The van der Waals surface area contributed by atoms with E-state index in [-0.39, 0.29) is 17.7 Å². The molecular weight excluding hydrogens is 471 g/mol. The lowest BCUT2D eigenvalue weighted by Crippen LogP contribution is -2.22. The highest BCUT2D eigenvalue weighted by atomic mass is 31.2. The van der Waals surface area contributed by atoms with Gasteiger partial charge in [-0.25, -0.2) is 0 Å². The van der Waals surface area contributed by atoms with Crippen LogP contribution in [-0.4, -0.2) is 29.8 Å². The molecule has 0 radical (unpaired) electrons. The average Bonchev–Trinajstić information content (AvgIpc) is 2.76. The second kappa shape index (κ2) is 13.1. The maximum Gasteiger partial charge on any atom is 0.314 e. The zero-order chi connectivity index (χ0) is 27.0. The van der Waals surface area contributed by atoms with Gasteiger partial charge in [0.25, 0.3) is 0 Å². The Morgan fingerprint density at radius 3 is 1.47 bits per heavy atom. The standard InChI is InChI=1S/C30H41O5P/c1-8-9-10-11-12-13-14-35-26(31)19-36(34,29(32)27-22(4)15-20(2)16-23(27)5)30(33)28-24(6)17-21(3)18-25(28)7/h15-18H,8-14,19H2,1-7H3. The largest absolute Gasteiger partial charge is 0.465 e. The summed E-state index contributed by atoms with van der Waals surface area (Å²) in [6.45, 7) is 13.2. The Morgan fingerprint density at radius 2 is 1.06 bits per heavy atom. The highest BCUT2D eigenvalue weighted by Crippen LogP contribution is 2.53. The normalized spacial score (nSPS) is 11.4. The van der Waals surface area contributed by atoms with E-state index in [1.807, 2.05) is 38.1 Å². The predicted molar refractivity (Wildman–Crippen MR) is 147 cm³/mol. The predicted octanol–water partition coefficient (Wildman–Crippen LogP) is 7.78. The highest BCUT2D eigenvalue weighted by molar-refractivity contribution is 7.96. The molecule has 0 saturated carbocycles. The molecule has 2 aromatic rings. The summed E-state index contributed by atoms with van der Waals surface area (Å²) in [6, 6.07) is 7.31. The molecule has 0 amide bonds. The van der Waals surface area contributed by atoms with Crippen molar-refractivity contribution in [2.45, 2.75) is 87.0 Å². The van der Waals surface area contributed by atoms with E-state index in [1.165, 1.54) is 6.42 Å². The van der Waals surface area contributed by atoms with Crippen molar-refractivity contribution in [3.05, 3.63) is 68.8 Å². The van der Waals surface area contributed by atoms with Crippen LogP contribution < -0.4 is 0 Å². The van der Waals surface area contributed by atoms with Crippen LogP contribution in [0.4, 0.5) is 0 Å². The van der Waals surface area contributed by atoms with E-state index in [1.54, 1.807) is 27.7 Å². The molecule has 6 heteroatoms. The molecule has 0 aromatic heterocycles. The van der Waals surface area contributed by atoms with Crippen molar-refractivity contribution in [1.82, 2.24) is 0 Å². The molecule has 0 bridgehead atoms. The summed E-state index contributed by atoms with van der Waals surface area (Å²) >= 11 is 0. The third-order valence-electron chi connectivity index (χ3n) is 6.55. The van der Waals surface area contributed by atoms with Crippen LogP contribution in [0.15, 0.2) is 24.3 Å². The quantitative estimate of drug-likeness (QED) is 0.156. The van der Waals surface area contributed by atoms with Crippen molar-refractivity contribution in [3.8, 4) is 0 Å². The zero-order valence-electron chi connectivity index (χ0n) is 23.0. The number of benzene rings is 2. The minimum atomic E-state index is -4.36. The van der Waals surface area contributed by atoms with E-state index in [0.29, 0.717) is 28.7 Å². The first-order chi connectivity index (χ1) is 16.9. The minimum absolute atomic E-state index is 0.193. The lowest BCUT2D eigenvalue weighted by molar-refractivity contribution is -0.140. The Labute approximate surface area is 216 Å². The Balaban J connectivity index is 2.39. The average molecular weight is 513 g/mol. The molecule has 0 N–H and O–H groups in total. The second-order valence-electron chi connectivity index (χ2n) is 10.0. The number of aryl methyl sites for hydroxylation is 6. The van der Waals surface area contributed by atoms with Gasteiger partial charge in [-0.1, -0.05) is 74.4 Å². The summed E-state index contributed by atoms with van der Waals surface area (Å²) in [4.78, 5) is 40.5. The number of hydrogen-bond donors (Lipinski definition) is 0. The van der Waals surface area contributed by atoms with Crippen LogP contribution in [0, 0.1) is 41.5 Å². The summed E-state index contributed by atoms with van der Waals surface area (Å²) in [5, 5.41) is 0. The SMILES string of the molecule is CCCCCCCCOC(=O)CP(=O)(C(=O)c1c(C)cc(C)cc1C)C(=O)c1c(C)cc(C)cc1C. The summed E-state index contributed by atoms with van der Waals surface area (Å²) in [5.41, 5.74) is 3.47. The molecule has 2 aromatic carbocycles. The second-order valence-corrected chi connectivity index (χ2v) is 12.7. The summed E-state index contributed by atoms with van der Waals surface area (Å²) in [7, 11) is -4.36. The van der Waals surface area contributed by atoms with Crippen LogP contribution in [0.1, 0.15) is 99.5 Å². The van der Waals surface area contributed by atoms with Crippen LogP contribution in [0.3, 0.4) is 0 Å². The number of carbonyl (C=O) groups is 3. The fraction of sp³-hybridized carbons (Fsp3) is 0.500. The first-order valence-corrected chi connectivity index (χ1v) is 14.8. The first kappa shape index (κ1) is 29.7. The van der Waals surface area contributed by atoms with Crippen LogP contribution in [0.2, 0.25) is 0 Å². The lowest BCUT2D eigenvalue weighted by atomic mass is 10.0. The van der Waals surface area contributed by atoms with Gasteiger partial charge in [-0.15, -0.1) is 0 Å². The lowest BCUT2D eigenvalue weighted by Gasteiger charge is -2.20. The maximum absolute atomic E-state index is 14.4. The van der Waals surface area contributed by atoms with Gasteiger partial charge in [-0.2, -0.15) is 0 Å². The number of rotatable bonds is 13. The molecule has 2 rings (SSSR count). The van der Waals surface area contributed by atoms with E-state index in [4.69, 9.17) is 4.74 Å². The highest BCUT2D eigenvalue weighted by Gasteiger charge is 2.45. The molecule has 36 heavy (non-hydrogen) atoms. The van der Waals surface area contributed by atoms with Crippen molar-refractivity contribution in [2.24, 2.45) is 0 Å².